The van der Waals surface area contributed by atoms with E-state index in [9.17, 15) is 4.79 Å². The predicted octanol–water partition coefficient (Wildman–Crippen LogP) is 3.75. The lowest BCUT2D eigenvalue weighted by molar-refractivity contribution is 0.0992. The largest absolute Gasteiger partial charge is 0.493 e. The molecule has 0 saturated carbocycles. The molecule has 0 fully saturated rings. The maximum atomic E-state index is 12.6. The molecule has 0 aliphatic carbocycles. The van der Waals surface area contributed by atoms with Gasteiger partial charge in [0, 0.05) is 12.0 Å². The summed E-state index contributed by atoms with van der Waals surface area (Å²) in [6, 6.07) is 11.5. The lowest BCUT2D eigenvalue weighted by atomic mass is 9.96. The number of hydrogen-bond acceptors (Lipinski definition) is 3. The lowest BCUT2D eigenvalue weighted by Crippen LogP contribution is -2.07. The molecule has 0 bridgehead atoms. The molecule has 2 aromatic carbocycles. The SMILES string of the molecule is COc1cc(C)c(C(=O)Cc2ccccc2C)cc1OC. The van der Waals surface area contributed by atoms with Gasteiger partial charge in [0.05, 0.1) is 14.2 Å². The highest BCUT2D eigenvalue weighted by Gasteiger charge is 2.15. The van der Waals surface area contributed by atoms with E-state index in [1.54, 1.807) is 20.3 Å². The minimum absolute atomic E-state index is 0.0859. The zero-order valence-corrected chi connectivity index (χ0v) is 12.9. The number of carbonyl (C=O) groups is 1. The van der Waals surface area contributed by atoms with Crippen molar-refractivity contribution >= 4 is 5.78 Å². The van der Waals surface area contributed by atoms with Crippen molar-refractivity contribution in [3.8, 4) is 11.5 Å². The van der Waals surface area contributed by atoms with Gasteiger partial charge in [0.25, 0.3) is 0 Å². The fourth-order valence-electron chi connectivity index (χ4n) is 2.36. The first-order valence-electron chi connectivity index (χ1n) is 6.87. The maximum absolute atomic E-state index is 12.6. The molecule has 110 valence electrons. The van der Waals surface area contributed by atoms with Gasteiger partial charge in [-0.1, -0.05) is 24.3 Å². The molecule has 0 unspecified atom stereocenters. The van der Waals surface area contributed by atoms with Gasteiger partial charge in [0.15, 0.2) is 17.3 Å². The fraction of sp³-hybridized carbons (Fsp3) is 0.278. The summed E-state index contributed by atoms with van der Waals surface area (Å²) >= 11 is 0. The van der Waals surface area contributed by atoms with E-state index < -0.39 is 0 Å². The van der Waals surface area contributed by atoms with E-state index in [4.69, 9.17) is 9.47 Å². The Balaban J connectivity index is 2.33. The summed E-state index contributed by atoms with van der Waals surface area (Å²) in [6.45, 7) is 3.93. The molecule has 0 aliphatic heterocycles. The molecule has 3 heteroatoms. The number of Topliss-reactive ketones (excluding diaryl/α,β-unsaturated/α-hetero) is 1. The fourth-order valence-corrected chi connectivity index (χ4v) is 2.36. The summed E-state index contributed by atoms with van der Waals surface area (Å²) < 4.78 is 10.5. The summed E-state index contributed by atoms with van der Waals surface area (Å²) in [5.74, 6) is 1.31. The van der Waals surface area contributed by atoms with E-state index in [0.29, 0.717) is 23.5 Å². The zero-order chi connectivity index (χ0) is 15.4. The van der Waals surface area contributed by atoms with Crippen LogP contribution in [0.5, 0.6) is 11.5 Å². The second kappa shape index (κ2) is 6.44. The van der Waals surface area contributed by atoms with Crippen molar-refractivity contribution in [2.75, 3.05) is 14.2 Å². The van der Waals surface area contributed by atoms with Gasteiger partial charge in [-0.2, -0.15) is 0 Å². The zero-order valence-electron chi connectivity index (χ0n) is 12.9. The van der Waals surface area contributed by atoms with Crippen LogP contribution in [0, 0.1) is 13.8 Å². The minimum atomic E-state index is 0.0859. The van der Waals surface area contributed by atoms with Crippen molar-refractivity contribution in [1.29, 1.82) is 0 Å². The van der Waals surface area contributed by atoms with E-state index in [2.05, 4.69) is 0 Å². The molecule has 0 spiro atoms. The Morgan fingerprint density at radius 2 is 1.57 bits per heavy atom. The highest BCUT2D eigenvalue weighted by Crippen LogP contribution is 2.30. The second-order valence-electron chi connectivity index (χ2n) is 5.05. The molecular weight excluding hydrogens is 264 g/mol. The molecule has 2 aromatic rings. The summed E-state index contributed by atoms with van der Waals surface area (Å²) in [5.41, 5.74) is 3.75. The number of carbonyl (C=O) groups excluding carboxylic acids is 1. The smallest absolute Gasteiger partial charge is 0.167 e. The van der Waals surface area contributed by atoms with Gasteiger partial charge >= 0.3 is 0 Å². The summed E-state index contributed by atoms with van der Waals surface area (Å²) in [5, 5.41) is 0. The molecule has 0 aliphatic rings. The van der Waals surface area contributed by atoms with Crippen LogP contribution in [0.25, 0.3) is 0 Å². The number of aryl methyl sites for hydroxylation is 2. The molecule has 0 radical (unpaired) electrons. The van der Waals surface area contributed by atoms with Crippen LogP contribution in [-0.4, -0.2) is 20.0 Å². The van der Waals surface area contributed by atoms with E-state index in [-0.39, 0.29) is 5.78 Å². The number of methoxy groups -OCH3 is 2. The Labute approximate surface area is 125 Å². The van der Waals surface area contributed by atoms with Crippen LogP contribution in [0.4, 0.5) is 0 Å². The van der Waals surface area contributed by atoms with Crippen LogP contribution in [0.1, 0.15) is 27.0 Å². The van der Waals surface area contributed by atoms with Crippen LogP contribution in [0.3, 0.4) is 0 Å². The molecule has 0 N–H and O–H groups in total. The molecule has 21 heavy (non-hydrogen) atoms. The first-order valence-corrected chi connectivity index (χ1v) is 6.87. The lowest BCUT2D eigenvalue weighted by Gasteiger charge is -2.12. The number of rotatable bonds is 5. The number of ether oxygens (including phenoxy) is 2. The monoisotopic (exact) mass is 284 g/mol. The van der Waals surface area contributed by atoms with Crippen LogP contribution in [0.15, 0.2) is 36.4 Å². The molecule has 0 atom stereocenters. The second-order valence-corrected chi connectivity index (χ2v) is 5.05. The standard InChI is InChI=1S/C18H20O3/c1-12-7-5-6-8-14(12)10-16(19)15-11-18(21-4)17(20-3)9-13(15)2/h5-9,11H,10H2,1-4H3. The molecule has 2 rings (SSSR count). The highest BCUT2D eigenvalue weighted by molar-refractivity contribution is 5.99. The van der Waals surface area contributed by atoms with Crippen LogP contribution in [-0.2, 0) is 6.42 Å². The van der Waals surface area contributed by atoms with Crippen molar-refractivity contribution in [1.82, 2.24) is 0 Å². The van der Waals surface area contributed by atoms with Crippen molar-refractivity contribution in [2.45, 2.75) is 20.3 Å². The molecule has 0 heterocycles. The Morgan fingerprint density at radius 1 is 0.952 bits per heavy atom. The van der Waals surface area contributed by atoms with Crippen molar-refractivity contribution in [3.05, 3.63) is 58.7 Å². The van der Waals surface area contributed by atoms with E-state index >= 15 is 0 Å². The Morgan fingerprint density at radius 3 is 2.19 bits per heavy atom. The summed E-state index contributed by atoms with van der Waals surface area (Å²) in [6.07, 6.45) is 0.392. The summed E-state index contributed by atoms with van der Waals surface area (Å²) in [4.78, 5) is 12.6. The van der Waals surface area contributed by atoms with Gasteiger partial charge in [0.2, 0.25) is 0 Å². The maximum Gasteiger partial charge on any atom is 0.167 e. The molecule has 0 aromatic heterocycles. The summed E-state index contributed by atoms with van der Waals surface area (Å²) in [7, 11) is 3.16. The van der Waals surface area contributed by atoms with E-state index in [0.717, 1.165) is 16.7 Å². The Hall–Kier alpha value is -2.29. The third-order valence-corrected chi connectivity index (χ3v) is 3.64. The van der Waals surface area contributed by atoms with E-state index in [1.807, 2.05) is 44.2 Å². The highest BCUT2D eigenvalue weighted by atomic mass is 16.5. The van der Waals surface area contributed by atoms with E-state index in [1.165, 1.54) is 0 Å². The van der Waals surface area contributed by atoms with Gasteiger partial charge in [-0.05, 0) is 42.7 Å². The Kier molecular flexibility index (Phi) is 4.63. The predicted molar refractivity (Wildman–Crippen MR) is 83.5 cm³/mol. The number of hydrogen-bond donors (Lipinski definition) is 0. The van der Waals surface area contributed by atoms with Gasteiger partial charge in [-0.3, -0.25) is 4.79 Å². The molecule has 0 saturated heterocycles. The third kappa shape index (κ3) is 3.24. The van der Waals surface area contributed by atoms with Crippen molar-refractivity contribution in [2.24, 2.45) is 0 Å². The van der Waals surface area contributed by atoms with Crippen LogP contribution >= 0.6 is 0 Å². The van der Waals surface area contributed by atoms with Gasteiger partial charge in [-0.25, -0.2) is 0 Å². The first kappa shape index (κ1) is 15.1. The minimum Gasteiger partial charge on any atom is -0.493 e. The normalized spacial score (nSPS) is 10.3. The van der Waals surface area contributed by atoms with Gasteiger partial charge < -0.3 is 9.47 Å². The van der Waals surface area contributed by atoms with Gasteiger partial charge in [0.1, 0.15) is 0 Å². The first-order chi connectivity index (χ1) is 10.1. The topological polar surface area (TPSA) is 35.5 Å². The average Bonchev–Trinajstić information content (AvgIpc) is 2.49. The molecule has 3 nitrogen and oxygen atoms in total. The van der Waals surface area contributed by atoms with Crippen molar-refractivity contribution in [3.63, 3.8) is 0 Å². The number of benzene rings is 2. The quantitative estimate of drug-likeness (QED) is 0.784. The van der Waals surface area contributed by atoms with Gasteiger partial charge in [-0.15, -0.1) is 0 Å². The van der Waals surface area contributed by atoms with Crippen LogP contribution in [0.2, 0.25) is 0 Å². The number of ketones is 1. The Bertz CT molecular complexity index is 660. The van der Waals surface area contributed by atoms with Crippen LogP contribution < -0.4 is 9.47 Å². The van der Waals surface area contributed by atoms with Crippen molar-refractivity contribution < 1.29 is 14.3 Å². The third-order valence-electron chi connectivity index (χ3n) is 3.64. The molecule has 0 amide bonds. The average molecular weight is 284 g/mol. The molecular formula is C18H20O3.